The van der Waals surface area contributed by atoms with E-state index in [2.05, 4.69) is 5.32 Å². The molecule has 1 amide bonds. The lowest BCUT2D eigenvalue weighted by molar-refractivity contribution is -0.113. The number of allylic oxidation sites excluding steroid dienone is 1. The van der Waals surface area contributed by atoms with Gasteiger partial charge in [0, 0.05) is 22.3 Å². The third-order valence-electron chi connectivity index (χ3n) is 7.09. The Hall–Kier alpha value is -4.66. The summed E-state index contributed by atoms with van der Waals surface area (Å²) < 4.78 is 13.5. The summed E-state index contributed by atoms with van der Waals surface area (Å²) in [6, 6.07) is 25.2. The van der Waals surface area contributed by atoms with Crippen molar-refractivity contribution < 1.29 is 13.9 Å². The van der Waals surface area contributed by atoms with Crippen molar-refractivity contribution in [2.75, 3.05) is 12.4 Å². The van der Waals surface area contributed by atoms with E-state index in [1.807, 2.05) is 91.9 Å². The molecule has 1 aliphatic rings. The molecule has 3 aromatic carbocycles. The lowest BCUT2D eigenvalue weighted by Gasteiger charge is -2.25. The van der Waals surface area contributed by atoms with Crippen molar-refractivity contribution in [2.45, 2.75) is 19.9 Å². The maximum atomic E-state index is 14.0. The maximum Gasteiger partial charge on any atom is 0.271 e. The van der Waals surface area contributed by atoms with Gasteiger partial charge in [0.05, 0.1) is 29.0 Å². The molecule has 0 radical (unpaired) electrons. The Labute approximate surface area is 250 Å². The highest BCUT2D eigenvalue weighted by Gasteiger charge is 2.32. The van der Waals surface area contributed by atoms with Gasteiger partial charge in [-0.1, -0.05) is 59.3 Å². The van der Waals surface area contributed by atoms with Gasteiger partial charge in [-0.3, -0.25) is 14.2 Å². The highest BCUT2D eigenvalue weighted by Crippen LogP contribution is 2.32. The Morgan fingerprint density at radius 3 is 2.55 bits per heavy atom. The topological polar surface area (TPSA) is 85.8 Å². The summed E-state index contributed by atoms with van der Waals surface area (Å²) in [7, 11) is 1.59. The second-order valence-electron chi connectivity index (χ2n) is 9.84. The van der Waals surface area contributed by atoms with Crippen LogP contribution < -0.4 is 24.9 Å². The van der Waals surface area contributed by atoms with Crippen molar-refractivity contribution in [1.29, 1.82) is 0 Å². The first-order chi connectivity index (χ1) is 20.3. The highest BCUT2D eigenvalue weighted by molar-refractivity contribution is 7.07. The normalized spacial score (nSPS) is 14.9. The molecule has 2 aromatic heterocycles. The largest absolute Gasteiger partial charge is 0.497 e. The van der Waals surface area contributed by atoms with Gasteiger partial charge in [-0.25, -0.2) is 4.99 Å². The quantitative estimate of drug-likeness (QED) is 0.257. The Kier molecular flexibility index (Phi) is 7.41. The van der Waals surface area contributed by atoms with E-state index in [1.165, 1.54) is 11.3 Å². The van der Waals surface area contributed by atoms with E-state index in [4.69, 9.17) is 25.7 Å². The number of amides is 1. The molecule has 6 rings (SSSR count). The van der Waals surface area contributed by atoms with Crippen molar-refractivity contribution in [1.82, 2.24) is 4.57 Å². The molecule has 0 saturated carbocycles. The van der Waals surface area contributed by atoms with Crippen molar-refractivity contribution in [3.8, 4) is 17.1 Å². The molecule has 1 N–H and O–H groups in total. The van der Waals surface area contributed by atoms with Gasteiger partial charge in [0.2, 0.25) is 0 Å². The van der Waals surface area contributed by atoms with Gasteiger partial charge in [0.25, 0.3) is 11.5 Å². The Bertz CT molecular complexity index is 2020. The van der Waals surface area contributed by atoms with Gasteiger partial charge in [0.15, 0.2) is 4.80 Å². The number of fused-ring (bicyclic) bond motifs is 1. The van der Waals surface area contributed by atoms with E-state index in [0.717, 1.165) is 16.7 Å². The number of nitrogens with zero attached hydrogens (tertiary/aromatic N) is 2. The molecule has 5 aromatic rings. The third-order valence-corrected chi connectivity index (χ3v) is 8.31. The zero-order valence-electron chi connectivity index (χ0n) is 23.1. The summed E-state index contributed by atoms with van der Waals surface area (Å²) in [5, 5.41) is 3.58. The maximum absolute atomic E-state index is 14.0. The second kappa shape index (κ2) is 11.3. The van der Waals surface area contributed by atoms with E-state index in [9.17, 15) is 9.59 Å². The predicted molar refractivity (Wildman–Crippen MR) is 166 cm³/mol. The number of ether oxygens (including phenoxy) is 1. The van der Waals surface area contributed by atoms with Gasteiger partial charge >= 0.3 is 0 Å². The van der Waals surface area contributed by atoms with E-state index < -0.39 is 6.04 Å². The van der Waals surface area contributed by atoms with Crippen molar-refractivity contribution >= 4 is 40.6 Å². The van der Waals surface area contributed by atoms with Crippen LogP contribution in [0.15, 0.2) is 110 Å². The average Bonchev–Trinajstić information content (AvgIpc) is 3.58. The molecule has 210 valence electrons. The molecule has 0 saturated heterocycles. The van der Waals surface area contributed by atoms with Crippen molar-refractivity contribution in [3.63, 3.8) is 0 Å². The average molecular weight is 596 g/mol. The van der Waals surface area contributed by atoms with Crippen LogP contribution in [0.25, 0.3) is 17.4 Å². The minimum Gasteiger partial charge on any atom is -0.497 e. The van der Waals surface area contributed by atoms with E-state index in [1.54, 1.807) is 24.7 Å². The number of hydrogen-bond acceptors (Lipinski definition) is 6. The number of aromatic nitrogens is 1. The third kappa shape index (κ3) is 5.22. The van der Waals surface area contributed by atoms with Crippen LogP contribution in [-0.2, 0) is 4.79 Å². The van der Waals surface area contributed by atoms with Gasteiger partial charge in [-0.2, -0.15) is 0 Å². The van der Waals surface area contributed by atoms with E-state index in [0.29, 0.717) is 48.6 Å². The van der Waals surface area contributed by atoms with Crippen LogP contribution in [0.3, 0.4) is 0 Å². The number of carbonyl (C=O) groups is 1. The summed E-state index contributed by atoms with van der Waals surface area (Å²) in [6.45, 7) is 3.78. The summed E-state index contributed by atoms with van der Waals surface area (Å²) in [4.78, 5) is 32.9. The molecule has 0 spiro atoms. The highest BCUT2D eigenvalue weighted by atomic mass is 35.5. The van der Waals surface area contributed by atoms with Crippen LogP contribution in [0.4, 0.5) is 5.69 Å². The van der Waals surface area contributed by atoms with Crippen LogP contribution in [0.1, 0.15) is 29.9 Å². The minimum atomic E-state index is -0.695. The van der Waals surface area contributed by atoms with E-state index >= 15 is 0 Å². The minimum absolute atomic E-state index is 0.269. The molecule has 1 aliphatic heterocycles. The molecule has 3 heterocycles. The number of aryl methyl sites for hydroxylation is 1. The van der Waals surface area contributed by atoms with Gasteiger partial charge < -0.3 is 14.5 Å². The first-order valence-corrected chi connectivity index (χ1v) is 14.4. The molecule has 1 atom stereocenters. The smallest absolute Gasteiger partial charge is 0.271 e. The fourth-order valence-corrected chi connectivity index (χ4v) is 6.20. The Morgan fingerprint density at radius 2 is 1.81 bits per heavy atom. The lowest BCUT2D eigenvalue weighted by Crippen LogP contribution is -2.40. The Balaban J connectivity index is 1.45. The lowest BCUT2D eigenvalue weighted by atomic mass is 9.95. The zero-order valence-corrected chi connectivity index (χ0v) is 24.6. The number of anilines is 1. The molecular formula is C33H26ClN3O4S. The standard InChI is InChI=1S/C33H26ClN3O4S/c1-19-9-12-22(34)17-26(19)27-16-15-25(41-27)18-28-32(39)37-30(21-10-13-24(40-3)14-11-21)29(20(2)35-33(37)42-28)31(38)36-23-7-5-4-6-8-23/h4-18,30H,1-3H3,(H,36,38)/b28-18+/t30-/m1/s1. The summed E-state index contributed by atoms with van der Waals surface area (Å²) >= 11 is 7.46. The van der Waals surface area contributed by atoms with Crippen molar-refractivity contribution in [2.24, 2.45) is 4.99 Å². The molecule has 9 heteroatoms. The molecule has 7 nitrogen and oxygen atoms in total. The number of rotatable bonds is 6. The molecule has 0 fully saturated rings. The van der Waals surface area contributed by atoms with Crippen LogP contribution in [0, 0.1) is 6.92 Å². The van der Waals surface area contributed by atoms with Crippen LogP contribution in [0.5, 0.6) is 5.75 Å². The second-order valence-corrected chi connectivity index (χ2v) is 11.3. The first kappa shape index (κ1) is 27.5. The number of halogens is 1. The summed E-state index contributed by atoms with van der Waals surface area (Å²) in [5.41, 5.74) is 3.97. The number of carbonyl (C=O) groups excluding carboxylic acids is 1. The molecule has 0 aliphatic carbocycles. The zero-order chi connectivity index (χ0) is 29.4. The summed E-state index contributed by atoms with van der Waals surface area (Å²) in [6.07, 6.45) is 1.71. The number of para-hydroxylation sites is 1. The number of benzene rings is 3. The molecule has 0 unspecified atom stereocenters. The first-order valence-electron chi connectivity index (χ1n) is 13.2. The number of methoxy groups -OCH3 is 1. The fourth-order valence-electron chi connectivity index (χ4n) is 5.00. The SMILES string of the molecule is COc1ccc([C@@H]2C(C(=O)Nc3ccccc3)=C(C)N=c3s/c(=C/c4ccc(-c5cc(Cl)ccc5C)o4)c(=O)n32)cc1. The number of furan rings is 1. The van der Waals surface area contributed by atoms with Gasteiger partial charge in [-0.05, 0) is 73.5 Å². The molecule has 42 heavy (non-hydrogen) atoms. The van der Waals surface area contributed by atoms with Crippen molar-refractivity contribution in [3.05, 3.63) is 138 Å². The fraction of sp³-hybridized carbons (Fsp3) is 0.121. The van der Waals surface area contributed by atoms with Crippen LogP contribution in [-0.4, -0.2) is 17.6 Å². The summed E-state index contributed by atoms with van der Waals surface area (Å²) in [5.74, 6) is 1.52. The Morgan fingerprint density at radius 1 is 1.05 bits per heavy atom. The number of nitrogens with one attached hydrogen (secondary N) is 1. The monoisotopic (exact) mass is 595 g/mol. The molecule has 0 bridgehead atoms. The van der Waals surface area contributed by atoms with Crippen LogP contribution >= 0.6 is 22.9 Å². The number of thiazole rings is 1. The predicted octanol–water partition coefficient (Wildman–Crippen LogP) is 6.10. The van der Waals surface area contributed by atoms with E-state index in [-0.39, 0.29) is 11.5 Å². The van der Waals surface area contributed by atoms with Gasteiger partial charge in [0.1, 0.15) is 17.3 Å². The van der Waals surface area contributed by atoms with Gasteiger partial charge in [-0.15, -0.1) is 0 Å². The molecular weight excluding hydrogens is 570 g/mol. The number of hydrogen-bond donors (Lipinski definition) is 1. The van der Waals surface area contributed by atoms with Crippen LogP contribution in [0.2, 0.25) is 5.02 Å².